The van der Waals surface area contributed by atoms with Crippen molar-refractivity contribution < 1.29 is 13.2 Å². The summed E-state index contributed by atoms with van der Waals surface area (Å²) in [5.74, 6) is 0. The van der Waals surface area contributed by atoms with Crippen LogP contribution in [0.4, 0.5) is 13.2 Å². The van der Waals surface area contributed by atoms with E-state index in [0.29, 0.717) is 0 Å². The van der Waals surface area contributed by atoms with Crippen LogP contribution in [0.15, 0.2) is 6.07 Å². The zero-order valence-corrected chi connectivity index (χ0v) is 8.41. The highest BCUT2D eigenvalue weighted by atomic mass is 35.5. The number of halogens is 4. The third-order valence-corrected chi connectivity index (χ3v) is 2.55. The number of nitrogens with zero attached hydrogens (tertiary/aromatic N) is 1. The molecule has 0 bridgehead atoms. The maximum atomic E-state index is 12.5. The van der Waals surface area contributed by atoms with Gasteiger partial charge in [-0.05, 0) is 11.6 Å². The molecule has 0 spiro atoms. The highest BCUT2D eigenvalue weighted by Gasteiger charge is 2.16. The predicted molar refractivity (Wildman–Crippen MR) is 50.6 cm³/mol. The van der Waals surface area contributed by atoms with Crippen molar-refractivity contribution in [2.75, 3.05) is 0 Å². The molecule has 1 aromatic carbocycles. The van der Waals surface area contributed by atoms with E-state index in [1.165, 1.54) is 0 Å². The smallest absolute Gasteiger partial charge is 0.117 e. The molecule has 0 aromatic heterocycles. The van der Waals surface area contributed by atoms with Gasteiger partial charge in [0, 0.05) is 11.1 Å². The molecule has 1 rings (SSSR count). The second kappa shape index (κ2) is 5.04. The summed E-state index contributed by atoms with van der Waals surface area (Å²) in [4.78, 5) is 0. The molecule has 0 aliphatic carbocycles. The van der Waals surface area contributed by atoms with Crippen LogP contribution in [0.1, 0.15) is 22.3 Å². The second-order valence-electron chi connectivity index (χ2n) is 2.87. The fourth-order valence-corrected chi connectivity index (χ4v) is 1.61. The Hall–Kier alpha value is -1.21. The molecule has 0 fully saturated rings. The number of hydrogen-bond acceptors (Lipinski definition) is 1. The molecule has 0 aliphatic rings. The first-order chi connectivity index (χ1) is 7.19. The number of benzene rings is 1. The molecule has 0 saturated carbocycles. The van der Waals surface area contributed by atoms with Crippen LogP contribution in [0.25, 0.3) is 0 Å². The molecule has 0 atom stereocenters. The zero-order chi connectivity index (χ0) is 11.4. The topological polar surface area (TPSA) is 23.8 Å². The number of rotatable bonds is 3. The molecule has 0 saturated heterocycles. The van der Waals surface area contributed by atoms with Crippen LogP contribution in [0.5, 0.6) is 0 Å². The Morgan fingerprint density at radius 1 is 1.13 bits per heavy atom. The van der Waals surface area contributed by atoms with Gasteiger partial charge in [-0.25, -0.2) is 13.2 Å². The summed E-state index contributed by atoms with van der Waals surface area (Å²) >= 11 is 5.68. The number of hydrogen-bond donors (Lipinski definition) is 0. The highest BCUT2D eigenvalue weighted by Crippen LogP contribution is 2.30. The molecule has 0 heterocycles. The molecule has 80 valence electrons. The average Bonchev–Trinajstić information content (AvgIpc) is 2.27. The van der Waals surface area contributed by atoms with Crippen LogP contribution in [0.3, 0.4) is 0 Å². The van der Waals surface area contributed by atoms with Gasteiger partial charge in [0.1, 0.15) is 20.0 Å². The lowest BCUT2D eigenvalue weighted by Crippen LogP contribution is -1.98. The predicted octanol–water partition coefficient (Wildman–Crippen LogP) is 3.62. The molecule has 0 radical (unpaired) electrons. The van der Waals surface area contributed by atoms with E-state index in [1.807, 2.05) is 0 Å². The molecule has 0 N–H and O–H groups in total. The Morgan fingerprint density at radius 2 is 1.73 bits per heavy atom. The lowest BCUT2D eigenvalue weighted by Gasteiger charge is -2.10. The summed E-state index contributed by atoms with van der Waals surface area (Å²) in [6.45, 7) is -2.88. The van der Waals surface area contributed by atoms with Crippen molar-refractivity contribution in [3.63, 3.8) is 0 Å². The minimum atomic E-state index is -0.975. The van der Waals surface area contributed by atoms with Gasteiger partial charge >= 0.3 is 0 Å². The largest absolute Gasteiger partial charge is 0.246 e. The van der Waals surface area contributed by atoms with Crippen molar-refractivity contribution in [1.29, 1.82) is 5.26 Å². The first kappa shape index (κ1) is 11.9. The summed E-state index contributed by atoms with van der Waals surface area (Å²) in [5, 5.41) is 8.48. The summed E-state index contributed by atoms with van der Waals surface area (Å²) < 4.78 is 37.5. The van der Waals surface area contributed by atoms with Crippen LogP contribution in [0, 0.1) is 11.3 Å². The molecule has 5 heteroatoms. The fraction of sp³-hybridized carbons (Fsp3) is 0.300. The van der Waals surface area contributed by atoms with Gasteiger partial charge in [-0.1, -0.05) is 11.6 Å². The molecule has 0 unspecified atom stereocenters. The molecule has 1 aromatic rings. The van der Waals surface area contributed by atoms with E-state index in [-0.39, 0.29) is 27.3 Å². The normalized spacial score (nSPS) is 10.1. The Balaban J connectivity index is 3.50. The average molecular weight is 234 g/mol. The third kappa shape index (κ3) is 2.07. The Labute approximate surface area is 90.1 Å². The third-order valence-electron chi connectivity index (χ3n) is 2.09. The van der Waals surface area contributed by atoms with Gasteiger partial charge in [-0.2, -0.15) is 5.26 Å². The first-order valence-corrected chi connectivity index (χ1v) is 4.48. The van der Waals surface area contributed by atoms with Crippen LogP contribution in [-0.4, -0.2) is 0 Å². The minimum absolute atomic E-state index is 0.00347. The van der Waals surface area contributed by atoms with Crippen LogP contribution in [-0.2, 0) is 20.0 Å². The number of nitriles is 1. The molecule has 1 nitrogen and oxygen atoms in total. The highest BCUT2D eigenvalue weighted by molar-refractivity contribution is 6.32. The van der Waals surface area contributed by atoms with E-state index in [0.717, 1.165) is 6.07 Å². The maximum absolute atomic E-state index is 12.5. The van der Waals surface area contributed by atoms with E-state index in [2.05, 4.69) is 0 Å². The van der Waals surface area contributed by atoms with Crippen molar-refractivity contribution in [3.8, 4) is 6.07 Å². The van der Waals surface area contributed by atoms with E-state index >= 15 is 0 Å². The van der Waals surface area contributed by atoms with E-state index in [9.17, 15) is 13.2 Å². The Morgan fingerprint density at radius 3 is 2.13 bits per heavy atom. The summed E-state index contributed by atoms with van der Waals surface area (Å²) in [7, 11) is 0. The van der Waals surface area contributed by atoms with E-state index in [4.69, 9.17) is 16.9 Å². The van der Waals surface area contributed by atoms with Gasteiger partial charge in [-0.15, -0.1) is 0 Å². The lowest BCUT2D eigenvalue weighted by molar-refractivity contribution is 0.450. The van der Waals surface area contributed by atoms with E-state index < -0.39 is 20.0 Å². The van der Waals surface area contributed by atoms with Crippen LogP contribution < -0.4 is 0 Å². The fourth-order valence-electron chi connectivity index (χ4n) is 1.28. The van der Waals surface area contributed by atoms with Gasteiger partial charge in [0.25, 0.3) is 0 Å². The van der Waals surface area contributed by atoms with Gasteiger partial charge in [0.05, 0.1) is 16.7 Å². The zero-order valence-electron chi connectivity index (χ0n) is 7.66. The first-order valence-electron chi connectivity index (χ1n) is 4.10. The Kier molecular flexibility index (Phi) is 3.98. The molecule has 0 aliphatic heterocycles. The van der Waals surface area contributed by atoms with Crippen molar-refractivity contribution in [3.05, 3.63) is 33.3 Å². The molecular formula is C10H7ClF3N. The quantitative estimate of drug-likeness (QED) is 0.782. The van der Waals surface area contributed by atoms with Crippen molar-refractivity contribution in [2.24, 2.45) is 0 Å². The van der Waals surface area contributed by atoms with Gasteiger partial charge in [0.2, 0.25) is 0 Å². The summed E-state index contributed by atoms with van der Waals surface area (Å²) in [5.41, 5.74) is -0.210. The van der Waals surface area contributed by atoms with Crippen molar-refractivity contribution >= 4 is 11.6 Å². The summed E-state index contributed by atoms with van der Waals surface area (Å²) in [6.07, 6.45) is 0. The van der Waals surface area contributed by atoms with Gasteiger partial charge in [0.15, 0.2) is 0 Å². The lowest BCUT2D eigenvalue weighted by atomic mass is 10.0. The summed E-state index contributed by atoms with van der Waals surface area (Å²) in [6, 6.07) is 2.83. The maximum Gasteiger partial charge on any atom is 0.117 e. The monoisotopic (exact) mass is 233 g/mol. The van der Waals surface area contributed by atoms with Crippen LogP contribution in [0.2, 0.25) is 5.02 Å². The van der Waals surface area contributed by atoms with Crippen molar-refractivity contribution in [2.45, 2.75) is 20.0 Å². The molecular weight excluding hydrogens is 227 g/mol. The second-order valence-corrected chi connectivity index (χ2v) is 3.24. The van der Waals surface area contributed by atoms with Gasteiger partial charge in [-0.3, -0.25) is 0 Å². The SMILES string of the molecule is N#Cc1cc(CF)c(CF)c(Cl)c1CF. The van der Waals surface area contributed by atoms with Gasteiger partial charge < -0.3 is 0 Å². The molecule has 15 heavy (non-hydrogen) atoms. The standard InChI is InChI=1S/C10H7ClF3N/c11-10-8(3-13)6(2-12)1-7(5-15)9(10)4-14/h1H,2-4H2. The Bertz CT molecular complexity index is 412. The van der Waals surface area contributed by atoms with Crippen LogP contribution >= 0.6 is 11.6 Å². The van der Waals surface area contributed by atoms with E-state index in [1.54, 1.807) is 6.07 Å². The van der Waals surface area contributed by atoms with Crippen molar-refractivity contribution in [1.82, 2.24) is 0 Å². The number of alkyl halides is 3. The molecule has 0 amide bonds. The minimum Gasteiger partial charge on any atom is -0.246 e.